The molecule has 0 bridgehead atoms. The highest BCUT2D eigenvalue weighted by atomic mass is 32.2. The number of rotatable bonds is 20. The third-order valence-electron chi connectivity index (χ3n) is 14.5. The van der Waals surface area contributed by atoms with Crippen LogP contribution in [0.1, 0.15) is 79.6 Å². The number of carbonyl (C=O) groups excluding carboxylic acids is 3. The predicted molar refractivity (Wildman–Crippen MR) is 620 cm³/mol. The van der Waals surface area contributed by atoms with Crippen molar-refractivity contribution in [1.29, 1.82) is 42.4 Å². The summed E-state index contributed by atoms with van der Waals surface area (Å²) in [6.07, 6.45) is 15.3. The lowest BCUT2D eigenvalue weighted by atomic mass is 10.2. The number of aliphatic imine (C=N–C) groups is 4. The van der Waals surface area contributed by atoms with Crippen molar-refractivity contribution in [2.24, 2.45) is 77.3 Å². The van der Waals surface area contributed by atoms with Gasteiger partial charge in [-0.15, -0.1) is 11.8 Å². The van der Waals surface area contributed by atoms with Gasteiger partial charge in [0, 0.05) is 107 Å². The van der Waals surface area contributed by atoms with Crippen LogP contribution in [-0.4, -0.2) is 160 Å². The molecule has 12 rings (SSSR count). The number of carbonyl (C=O) groups is 3. The highest BCUT2D eigenvalue weighted by Gasteiger charge is 2.03. The lowest BCUT2D eigenvalue weighted by Crippen LogP contribution is -2.23. The van der Waals surface area contributed by atoms with Gasteiger partial charge in [-0.25, -0.2) is 48.5 Å². The lowest BCUT2D eigenvalue weighted by molar-refractivity contribution is -0.143. The summed E-state index contributed by atoms with van der Waals surface area (Å²) >= 11 is 18.3. The maximum absolute atomic E-state index is 10.7. The Kier molecular flexibility index (Phi) is 100. The van der Waals surface area contributed by atoms with E-state index in [2.05, 4.69) is 46.4 Å². The maximum atomic E-state index is 10.7. The number of fused-ring (bicyclic) bond motifs is 6. The molecule has 0 atom stereocenters. The van der Waals surface area contributed by atoms with Crippen LogP contribution in [0.4, 0.5) is 4.79 Å². The van der Waals surface area contributed by atoms with Crippen LogP contribution in [0.5, 0.6) is 0 Å². The van der Waals surface area contributed by atoms with E-state index in [4.69, 9.17) is 155 Å². The fourth-order valence-electron chi connectivity index (χ4n) is 8.26. The number of para-hydroxylation sites is 6. The Hall–Kier alpha value is -15.8. The minimum atomic E-state index is -0.749. The maximum Gasteiger partial charge on any atom is 0.507 e. The minimum absolute atomic E-state index is 0. The van der Waals surface area contributed by atoms with Gasteiger partial charge in [-0.2, -0.15) is 31.6 Å². The number of nitriles is 6. The number of thioether (sulfide) groups is 7. The number of methoxy groups -OCH3 is 2. The van der Waals surface area contributed by atoms with Gasteiger partial charge in [0.15, 0.2) is 41.4 Å². The third kappa shape index (κ3) is 94.2. The van der Waals surface area contributed by atoms with Gasteiger partial charge in [-0.3, -0.25) is 25.4 Å². The number of ketones is 1. The van der Waals surface area contributed by atoms with E-state index in [1.165, 1.54) is 69.3 Å². The topological polar surface area (TPSA) is 782 Å². The molecule has 0 saturated heterocycles. The van der Waals surface area contributed by atoms with Crippen molar-refractivity contribution in [1.82, 2.24) is 5.32 Å². The van der Waals surface area contributed by atoms with Gasteiger partial charge in [-0.05, 0) is 226 Å². The summed E-state index contributed by atoms with van der Waals surface area (Å²) in [5.41, 5.74) is 52.1. The molecule has 51 heteroatoms. The molecule has 802 valence electrons. The number of guanidine groups is 4. The number of nitrogens with two attached hydrogens (primary N) is 10. The molecule has 0 fully saturated rings. The molecule has 12 aromatic rings. The molecule has 0 aliphatic rings. The van der Waals surface area contributed by atoms with Gasteiger partial charge in [0.1, 0.15) is 79.1 Å². The summed E-state index contributed by atoms with van der Waals surface area (Å²) < 4.78 is 47.3. The zero-order chi connectivity index (χ0) is 113. The summed E-state index contributed by atoms with van der Waals surface area (Å²) in [5.74, 6) is 1.65. The van der Waals surface area contributed by atoms with Gasteiger partial charge >= 0.3 is 45.9 Å². The van der Waals surface area contributed by atoms with Crippen LogP contribution in [0, 0.1) is 74.8 Å². The zero-order valence-corrected chi connectivity index (χ0v) is 90.7. The van der Waals surface area contributed by atoms with Gasteiger partial charge < -0.3 is 108 Å². The van der Waals surface area contributed by atoms with Gasteiger partial charge in [0.2, 0.25) is 0 Å². The Labute approximate surface area is 904 Å². The number of thiocyanates is 6. The standard InChI is InChI=1S/6C9H6O2.C6H13N3O2.C6H13N3S.C5H11N3OS.C5H10N2O3.C4H9N3O.C4H7NS.C3H9N3S.5C2H3NS.CH4/c6*10-9-6-5-7-3-1-2-4-8(7)11-9;1-2-3-5(10)11-4-9-6(7)8;1-9-6(10)4-2-3-5(7)8;1-9-4(10)2-3-8-5(6)7;1-9-5(8)10-3-2-4(6)7;1-3(8)2-7-4(5)6;1-2-3-6-4-5;1-7-2-6-3(4)5;5*1-4-2-3;/h6*1-6H;2-4H2,1H3,(H4,7,8,9);2-4H2,1H3,(H3,7,8)(H,9,10);2-3H2,1H3,(H4,6,7,8);2-3H2,1H3,(H3,6,7);2H2,1H3,(H4,5,6,7);2-3H2,1H3;2H2,1H3,(H4,4,5,6);5*1H3;1H4. The quantitative estimate of drug-likeness (QED) is 0.00641. The number of hydrogen-bond donors (Lipinski definition) is 13. The number of benzene rings is 6. The smallest absolute Gasteiger partial charge is 0.490 e. The first-order valence-corrected chi connectivity index (χ1v) is 51.6. The third-order valence-corrected chi connectivity index (χ3v) is 17.3. The molecule has 23 N–H and O–H groups in total. The molecule has 0 aliphatic heterocycles. The number of nitrogens with zero attached hydrogens (tertiary/aromatic N) is 10. The average molecular weight is 2220 g/mol. The van der Waals surface area contributed by atoms with Gasteiger partial charge in [0.05, 0.1) is 43.3 Å². The fourth-order valence-corrected chi connectivity index (χ4v) is 9.07. The van der Waals surface area contributed by atoms with Crippen LogP contribution < -0.4 is 96.4 Å². The van der Waals surface area contributed by atoms with E-state index < -0.39 is 6.16 Å². The molecule has 0 saturated carbocycles. The van der Waals surface area contributed by atoms with Crippen molar-refractivity contribution >= 4 is 236 Å². The van der Waals surface area contributed by atoms with Crippen molar-refractivity contribution in [3.63, 3.8) is 0 Å². The van der Waals surface area contributed by atoms with Crippen LogP contribution in [0.15, 0.2) is 294 Å². The number of ether oxygens (including phenoxy) is 4. The Bertz CT molecular complexity index is 5820. The van der Waals surface area contributed by atoms with E-state index in [1.807, 2.05) is 155 Å². The number of amidine groups is 2. The van der Waals surface area contributed by atoms with Crippen molar-refractivity contribution in [2.45, 2.75) is 79.6 Å². The van der Waals surface area contributed by atoms with Crippen molar-refractivity contribution in [2.75, 3.05) is 96.9 Å². The fraction of sp³-hybridized carbons (Fsp3) is 0.276. The van der Waals surface area contributed by atoms with Gasteiger partial charge in [0.25, 0.3) is 0 Å². The molecule has 0 aliphatic carbocycles. The normalized spacial score (nSPS) is 8.68. The molecule has 6 heterocycles. The van der Waals surface area contributed by atoms with Crippen LogP contribution in [-0.2, 0) is 28.5 Å². The molecule has 6 aromatic heterocycles. The second kappa shape index (κ2) is 102. The molecule has 6 aromatic carbocycles. The SMILES string of the molecule is C.CC(=O)CN=C(N)N.CCCC(=O)OCN=C(N)N.CCCSC#N.CNC(=S)CCCC(=N)N.COC(=O)OCCC(=N)N.COC(=S)CCN=C(N)N.CSC#N.CSC#N.CSC#N.CSC#N.CSC#N.CSCN=C(N)N.O=c1ccc2ccccc2o1.O=c1ccc2ccccc2o1.O=c1ccc2ccccc2o1.O=c1ccc2ccccc2o1.O=c1ccc2ccccc2o1.O=c1ccc2ccccc2o1. The predicted octanol–water partition coefficient (Wildman–Crippen LogP) is 15.5. The number of esters is 1. The Balaban J connectivity index is -0.000000289. The van der Waals surface area contributed by atoms with E-state index in [0.717, 1.165) is 128 Å². The molecular weight excluding hydrogens is 2090 g/mol. The number of nitrogens with one attached hydrogen (secondary N) is 3. The summed E-state index contributed by atoms with van der Waals surface area (Å²) in [6.45, 7) is 5.97. The Morgan fingerprint density at radius 1 is 0.389 bits per heavy atom. The number of Topliss-reactive ketones (excluding diaryl/α,β-unsaturated/α-hetero) is 1. The van der Waals surface area contributed by atoms with E-state index in [-0.39, 0.29) is 115 Å². The Morgan fingerprint density at radius 2 is 0.678 bits per heavy atom. The van der Waals surface area contributed by atoms with E-state index in [0.29, 0.717) is 70.2 Å². The summed E-state index contributed by atoms with van der Waals surface area (Å²) in [7, 11) is 4.55. The number of thiocarbonyl (C=S) groups is 2. The van der Waals surface area contributed by atoms with E-state index >= 15 is 0 Å². The monoisotopic (exact) mass is 2220 g/mol. The van der Waals surface area contributed by atoms with Crippen molar-refractivity contribution in [3.05, 3.63) is 281 Å². The second-order valence-electron chi connectivity index (χ2n) is 25.9. The highest BCUT2D eigenvalue weighted by Crippen LogP contribution is 2.15. The van der Waals surface area contributed by atoms with Gasteiger partial charge in [-0.1, -0.05) is 143 Å². The first kappa shape index (κ1) is 146. The van der Waals surface area contributed by atoms with E-state index in [1.54, 1.807) is 123 Å². The van der Waals surface area contributed by atoms with Crippen molar-refractivity contribution in [3.8, 4) is 32.4 Å². The zero-order valence-electron chi connectivity index (χ0n) is 83.4. The summed E-state index contributed by atoms with van der Waals surface area (Å²) in [5, 5.41) is 79.8. The Morgan fingerprint density at radius 3 is 0.879 bits per heavy atom. The highest BCUT2D eigenvalue weighted by molar-refractivity contribution is 8.04. The average Bonchev–Trinajstić information content (AvgIpc) is 0.881. The first-order chi connectivity index (χ1) is 70.7. The second-order valence-corrected chi connectivity index (χ2v) is 31.5. The molecule has 0 spiro atoms. The molecular formula is C98H127N23O19S9. The van der Waals surface area contributed by atoms with Crippen LogP contribution in [0.2, 0.25) is 0 Å². The van der Waals surface area contributed by atoms with Crippen molar-refractivity contribution < 1.29 is 59.8 Å². The van der Waals surface area contributed by atoms with E-state index in [9.17, 15) is 43.2 Å². The molecule has 0 unspecified atom stereocenters. The molecule has 42 nitrogen and oxygen atoms in total. The number of hydrogen-bond acceptors (Lipinski definition) is 40. The first-order valence-electron chi connectivity index (χ1n) is 42.3. The molecule has 0 radical (unpaired) electrons. The largest absolute Gasteiger partial charge is 0.507 e. The summed E-state index contributed by atoms with van der Waals surface area (Å²) in [6, 6.07) is 63.5. The minimum Gasteiger partial charge on any atom is -0.490 e. The van der Waals surface area contributed by atoms with Crippen LogP contribution in [0.3, 0.4) is 0 Å². The summed E-state index contributed by atoms with van der Waals surface area (Å²) in [4.78, 5) is 110. The van der Waals surface area contributed by atoms with Crippen LogP contribution >= 0.6 is 107 Å². The molecule has 149 heavy (non-hydrogen) atoms. The lowest BCUT2D eigenvalue weighted by Gasteiger charge is -2.00. The van der Waals surface area contributed by atoms with Crippen LogP contribution in [0.25, 0.3) is 65.8 Å². The molecule has 0 amide bonds.